The van der Waals surface area contributed by atoms with Crippen LogP contribution < -0.4 is 0 Å². The molecule has 1 aliphatic heterocycles. The molecule has 4 nitrogen and oxygen atoms in total. The lowest BCUT2D eigenvalue weighted by Gasteiger charge is -2.41. The molecule has 0 radical (unpaired) electrons. The van der Waals surface area contributed by atoms with Gasteiger partial charge in [0.15, 0.2) is 5.79 Å². The summed E-state index contributed by atoms with van der Waals surface area (Å²) in [5.74, 6) is -0.185. The van der Waals surface area contributed by atoms with Crippen LogP contribution in [0.2, 0.25) is 0 Å². The van der Waals surface area contributed by atoms with Crippen molar-refractivity contribution in [3.8, 4) is 0 Å². The van der Waals surface area contributed by atoms with E-state index in [2.05, 4.69) is 0 Å². The molecule has 0 amide bonds. The molecule has 1 heterocycles. The first-order valence-electron chi connectivity index (χ1n) is 6.27. The number of carbonyl (C=O) groups is 2. The lowest BCUT2D eigenvalue weighted by atomic mass is 9.69. The maximum absolute atomic E-state index is 12.0. The largest absolute Gasteiger partial charge is 0.347 e. The summed E-state index contributed by atoms with van der Waals surface area (Å²) in [5, 5.41) is 0. The first-order chi connectivity index (χ1) is 7.96. The SMILES string of the molecule is CC(=O)CC[C@]1(C)CC2(CCC1=O)OCCO2. The quantitative estimate of drug-likeness (QED) is 0.755. The maximum atomic E-state index is 12.0. The van der Waals surface area contributed by atoms with E-state index in [-0.39, 0.29) is 11.6 Å². The van der Waals surface area contributed by atoms with Crippen molar-refractivity contribution in [3.05, 3.63) is 0 Å². The predicted molar refractivity (Wildman–Crippen MR) is 61.5 cm³/mol. The van der Waals surface area contributed by atoms with E-state index in [0.717, 1.165) is 0 Å². The van der Waals surface area contributed by atoms with Crippen LogP contribution in [-0.2, 0) is 19.1 Å². The van der Waals surface area contributed by atoms with Crippen LogP contribution in [0.1, 0.15) is 46.0 Å². The van der Waals surface area contributed by atoms with E-state index in [1.165, 1.54) is 0 Å². The van der Waals surface area contributed by atoms with Gasteiger partial charge in [-0.2, -0.15) is 0 Å². The molecule has 0 aromatic rings. The van der Waals surface area contributed by atoms with Gasteiger partial charge in [0.1, 0.15) is 11.6 Å². The lowest BCUT2D eigenvalue weighted by molar-refractivity contribution is -0.201. The molecular formula is C13H20O4. The number of Topliss-reactive ketones (excluding diaryl/α,β-unsaturated/α-hetero) is 2. The van der Waals surface area contributed by atoms with Crippen LogP contribution >= 0.6 is 0 Å². The van der Waals surface area contributed by atoms with E-state index in [1.54, 1.807) is 6.92 Å². The van der Waals surface area contributed by atoms with Gasteiger partial charge in [-0.15, -0.1) is 0 Å². The Labute approximate surface area is 102 Å². The second-order valence-corrected chi connectivity index (χ2v) is 5.47. The molecule has 1 aliphatic carbocycles. The normalized spacial score (nSPS) is 32.0. The van der Waals surface area contributed by atoms with Gasteiger partial charge in [-0.05, 0) is 13.3 Å². The molecule has 0 N–H and O–H groups in total. The van der Waals surface area contributed by atoms with Crippen LogP contribution in [0.4, 0.5) is 0 Å². The number of ketones is 2. The van der Waals surface area contributed by atoms with Crippen molar-refractivity contribution in [2.45, 2.75) is 51.7 Å². The Morgan fingerprint density at radius 3 is 2.59 bits per heavy atom. The number of hydrogen-bond acceptors (Lipinski definition) is 4. The molecule has 0 aromatic carbocycles. The van der Waals surface area contributed by atoms with Crippen molar-refractivity contribution in [1.82, 2.24) is 0 Å². The Hall–Kier alpha value is -0.740. The molecular weight excluding hydrogens is 220 g/mol. The van der Waals surface area contributed by atoms with Crippen LogP contribution in [-0.4, -0.2) is 30.6 Å². The topological polar surface area (TPSA) is 52.6 Å². The van der Waals surface area contributed by atoms with Gasteiger partial charge in [-0.3, -0.25) is 4.79 Å². The van der Waals surface area contributed by atoms with Gasteiger partial charge in [0.2, 0.25) is 0 Å². The molecule has 0 aromatic heterocycles. The summed E-state index contributed by atoms with van der Waals surface area (Å²) in [5.41, 5.74) is -0.464. The van der Waals surface area contributed by atoms with Crippen LogP contribution in [0.3, 0.4) is 0 Å². The minimum Gasteiger partial charge on any atom is -0.347 e. The van der Waals surface area contributed by atoms with Crippen LogP contribution in [0.25, 0.3) is 0 Å². The smallest absolute Gasteiger partial charge is 0.169 e. The van der Waals surface area contributed by atoms with Crippen LogP contribution in [0.5, 0.6) is 0 Å². The minimum atomic E-state index is -0.556. The fraction of sp³-hybridized carbons (Fsp3) is 0.846. The first-order valence-corrected chi connectivity index (χ1v) is 6.27. The predicted octanol–water partition coefficient (Wildman–Crippen LogP) is 1.86. The molecule has 1 atom stereocenters. The Bertz CT molecular complexity index is 330. The van der Waals surface area contributed by atoms with E-state index in [1.807, 2.05) is 6.92 Å². The maximum Gasteiger partial charge on any atom is 0.169 e. The van der Waals surface area contributed by atoms with Gasteiger partial charge >= 0.3 is 0 Å². The Balaban J connectivity index is 2.07. The van der Waals surface area contributed by atoms with Crippen molar-refractivity contribution in [2.75, 3.05) is 13.2 Å². The van der Waals surface area contributed by atoms with E-state index in [9.17, 15) is 9.59 Å². The summed E-state index contributed by atoms with van der Waals surface area (Å²) in [7, 11) is 0. The molecule has 2 fully saturated rings. The summed E-state index contributed by atoms with van der Waals surface area (Å²) in [4.78, 5) is 23.1. The van der Waals surface area contributed by atoms with E-state index in [4.69, 9.17) is 9.47 Å². The average Bonchev–Trinajstić information content (AvgIpc) is 2.70. The Morgan fingerprint density at radius 2 is 2.00 bits per heavy atom. The average molecular weight is 240 g/mol. The number of rotatable bonds is 3. The zero-order chi connectivity index (χ0) is 12.5. The highest BCUT2D eigenvalue weighted by Gasteiger charge is 2.50. The van der Waals surface area contributed by atoms with Gasteiger partial charge in [0.25, 0.3) is 0 Å². The Kier molecular flexibility index (Phi) is 3.36. The number of carbonyl (C=O) groups excluding carboxylic acids is 2. The molecule has 1 spiro atoms. The molecule has 0 unspecified atom stereocenters. The van der Waals surface area contributed by atoms with Crippen LogP contribution in [0.15, 0.2) is 0 Å². The third-order valence-corrected chi connectivity index (χ3v) is 3.91. The van der Waals surface area contributed by atoms with Gasteiger partial charge < -0.3 is 14.3 Å². The highest BCUT2D eigenvalue weighted by molar-refractivity contribution is 5.86. The third-order valence-electron chi connectivity index (χ3n) is 3.91. The summed E-state index contributed by atoms with van der Waals surface area (Å²) in [6, 6.07) is 0. The molecule has 0 bridgehead atoms. The van der Waals surface area contributed by atoms with Gasteiger partial charge in [-0.1, -0.05) is 6.92 Å². The monoisotopic (exact) mass is 240 g/mol. The number of ether oxygens (including phenoxy) is 2. The third kappa shape index (κ3) is 2.58. The van der Waals surface area contributed by atoms with E-state index >= 15 is 0 Å². The molecule has 2 rings (SSSR count). The van der Waals surface area contributed by atoms with Crippen molar-refractivity contribution >= 4 is 11.6 Å². The molecule has 17 heavy (non-hydrogen) atoms. The second kappa shape index (κ2) is 4.50. The molecule has 1 saturated carbocycles. The molecule has 2 aliphatic rings. The highest BCUT2D eigenvalue weighted by atomic mass is 16.7. The van der Waals surface area contributed by atoms with E-state index < -0.39 is 11.2 Å². The lowest BCUT2D eigenvalue weighted by Crippen LogP contribution is -2.46. The summed E-state index contributed by atoms with van der Waals surface area (Å²) in [6.07, 6.45) is 2.80. The summed E-state index contributed by atoms with van der Waals surface area (Å²) >= 11 is 0. The molecule has 1 saturated heterocycles. The van der Waals surface area contributed by atoms with Gasteiger partial charge in [-0.25, -0.2) is 0 Å². The van der Waals surface area contributed by atoms with E-state index in [0.29, 0.717) is 45.3 Å². The fourth-order valence-electron chi connectivity index (χ4n) is 2.81. The first kappa shape index (κ1) is 12.7. The minimum absolute atomic E-state index is 0.131. The van der Waals surface area contributed by atoms with Crippen molar-refractivity contribution in [3.63, 3.8) is 0 Å². The zero-order valence-electron chi connectivity index (χ0n) is 10.6. The fourth-order valence-corrected chi connectivity index (χ4v) is 2.81. The molecule has 4 heteroatoms. The zero-order valence-corrected chi connectivity index (χ0v) is 10.6. The van der Waals surface area contributed by atoms with Gasteiger partial charge in [0.05, 0.1) is 13.2 Å². The van der Waals surface area contributed by atoms with Gasteiger partial charge in [0, 0.05) is 31.1 Å². The van der Waals surface area contributed by atoms with Crippen LogP contribution in [0, 0.1) is 5.41 Å². The van der Waals surface area contributed by atoms with Crippen molar-refractivity contribution in [2.24, 2.45) is 5.41 Å². The second-order valence-electron chi connectivity index (χ2n) is 5.47. The summed E-state index contributed by atoms with van der Waals surface area (Å²) < 4.78 is 11.3. The summed E-state index contributed by atoms with van der Waals surface area (Å²) in [6.45, 7) is 4.72. The molecule has 96 valence electrons. The standard InChI is InChI=1S/C13H20O4/c1-10(14)3-5-12(2)9-13(6-4-11(12)15)16-7-8-17-13/h3-9H2,1-2H3/t12-/m1/s1. The van der Waals surface area contributed by atoms with Crippen molar-refractivity contribution in [1.29, 1.82) is 0 Å². The Morgan fingerprint density at radius 1 is 1.35 bits per heavy atom. The van der Waals surface area contributed by atoms with Crippen molar-refractivity contribution < 1.29 is 19.1 Å². The number of hydrogen-bond donors (Lipinski definition) is 0. The highest BCUT2D eigenvalue weighted by Crippen LogP contribution is 2.45.